The normalized spacial score (nSPS) is 31.5. The van der Waals surface area contributed by atoms with Crippen molar-refractivity contribution >= 4 is 5.91 Å². The predicted octanol–water partition coefficient (Wildman–Crippen LogP) is 2.44. The summed E-state index contributed by atoms with van der Waals surface area (Å²) >= 11 is 0. The number of carbonyl (C=O) groups is 1. The number of carbonyl (C=O) groups excluding carboxylic acids is 1. The van der Waals surface area contributed by atoms with Crippen LogP contribution in [0.25, 0.3) is 0 Å². The van der Waals surface area contributed by atoms with Crippen molar-refractivity contribution in [2.75, 3.05) is 0 Å². The van der Waals surface area contributed by atoms with Crippen molar-refractivity contribution in [3.8, 4) is 0 Å². The fourth-order valence-electron chi connectivity index (χ4n) is 2.89. The topological polar surface area (TPSA) is 55.1 Å². The molecule has 17 heavy (non-hydrogen) atoms. The Morgan fingerprint density at radius 2 is 2.12 bits per heavy atom. The molecule has 1 saturated carbocycles. The molecule has 3 unspecified atom stereocenters. The Morgan fingerprint density at radius 1 is 1.47 bits per heavy atom. The minimum absolute atomic E-state index is 0.164. The lowest BCUT2D eigenvalue weighted by molar-refractivity contribution is -0.127. The zero-order valence-corrected chi connectivity index (χ0v) is 11.8. The standard InChI is InChI=1S/C14H28N2O/c1-5-11(4)16-14(13(15)17)8-6-7-12(9-14)10(2)3/h10-12,16H,5-9H2,1-4H3,(H2,15,17). The van der Waals surface area contributed by atoms with Crippen LogP contribution >= 0.6 is 0 Å². The highest BCUT2D eigenvalue weighted by atomic mass is 16.1. The molecule has 0 aromatic carbocycles. The second-order valence-corrected chi connectivity index (χ2v) is 6.00. The van der Waals surface area contributed by atoms with Gasteiger partial charge in [0.05, 0.1) is 5.54 Å². The summed E-state index contributed by atoms with van der Waals surface area (Å²) in [6.45, 7) is 8.74. The van der Waals surface area contributed by atoms with E-state index < -0.39 is 5.54 Å². The van der Waals surface area contributed by atoms with Crippen LogP contribution in [0.2, 0.25) is 0 Å². The maximum atomic E-state index is 11.9. The van der Waals surface area contributed by atoms with E-state index in [0.717, 1.165) is 25.7 Å². The molecule has 1 amide bonds. The Balaban J connectivity index is 2.80. The van der Waals surface area contributed by atoms with Crippen LogP contribution in [0.15, 0.2) is 0 Å². The van der Waals surface area contributed by atoms with Crippen LogP contribution in [0.3, 0.4) is 0 Å². The number of rotatable bonds is 5. The Kier molecular flexibility index (Phi) is 4.99. The van der Waals surface area contributed by atoms with Crippen molar-refractivity contribution in [1.82, 2.24) is 5.32 Å². The third-order valence-electron chi connectivity index (χ3n) is 4.34. The van der Waals surface area contributed by atoms with Gasteiger partial charge in [0.2, 0.25) is 5.91 Å². The van der Waals surface area contributed by atoms with Crippen molar-refractivity contribution in [2.45, 2.75) is 71.4 Å². The summed E-state index contributed by atoms with van der Waals surface area (Å²) in [7, 11) is 0. The predicted molar refractivity (Wildman–Crippen MR) is 71.6 cm³/mol. The third kappa shape index (κ3) is 3.44. The summed E-state index contributed by atoms with van der Waals surface area (Å²) in [6.07, 6.45) is 5.17. The Morgan fingerprint density at radius 3 is 2.59 bits per heavy atom. The molecule has 0 heterocycles. The third-order valence-corrected chi connectivity index (χ3v) is 4.34. The van der Waals surface area contributed by atoms with Crippen molar-refractivity contribution in [1.29, 1.82) is 0 Å². The molecule has 3 N–H and O–H groups in total. The Labute approximate surface area is 106 Å². The minimum Gasteiger partial charge on any atom is -0.368 e. The molecule has 1 aliphatic carbocycles. The average molecular weight is 240 g/mol. The Bertz CT molecular complexity index is 265. The lowest BCUT2D eigenvalue weighted by atomic mass is 9.71. The molecule has 3 atom stereocenters. The van der Waals surface area contributed by atoms with E-state index in [1.165, 1.54) is 6.42 Å². The molecule has 100 valence electrons. The Hall–Kier alpha value is -0.570. The van der Waals surface area contributed by atoms with E-state index in [1.54, 1.807) is 0 Å². The first-order valence-corrected chi connectivity index (χ1v) is 6.99. The van der Waals surface area contributed by atoms with Gasteiger partial charge < -0.3 is 11.1 Å². The summed E-state index contributed by atoms with van der Waals surface area (Å²) in [6, 6.07) is 0.355. The summed E-state index contributed by atoms with van der Waals surface area (Å²) in [5, 5.41) is 3.49. The van der Waals surface area contributed by atoms with Crippen molar-refractivity contribution in [3.05, 3.63) is 0 Å². The van der Waals surface area contributed by atoms with Gasteiger partial charge >= 0.3 is 0 Å². The van der Waals surface area contributed by atoms with Gasteiger partial charge in [-0.05, 0) is 38.0 Å². The summed E-state index contributed by atoms with van der Waals surface area (Å²) in [5.74, 6) is 1.09. The van der Waals surface area contributed by atoms with Gasteiger partial charge in [-0.25, -0.2) is 0 Å². The number of hydrogen-bond donors (Lipinski definition) is 2. The van der Waals surface area contributed by atoms with E-state index in [2.05, 4.69) is 33.0 Å². The molecule has 0 saturated heterocycles. The van der Waals surface area contributed by atoms with Crippen molar-refractivity contribution in [2.24, 2.45) is 17.6 Å². The molecule has 3 heteroatoms. The maximum Gasteiger partial charge on any atom is 0.237 e. The molecule has 0 aromatic heterocycles. The SMILES string of the molecule is CCC(C)NC1(C(N)=O)CCCC(C(C)C)C1. The van der Waals surface area contributed by atoms with E-state index in [1.807, 2.05) is 0 Å². The average Bonchev–Trinajstić information content (AvgIpc) is 2.28. The van der Waals surface area contributed by atoms with E-state index >= 15 is 0 Å². The van der Waals surface area contributed by atoms with Gasteiger partial charge in [0, 0.05) is 6.04 Å². The fraction of sp³-hybridized carbons (Fsp3) is 0.929. The van der Waals surface area contributed by atoms with Crippen LogP contribution in [0.5, 0.6) is 0 Å². The molecule has 0 spiro atoms. The lowest BCUT2D eigenvalue weighted by Gasteiger charge is -2.42. The number of primary amides is 1. The van der Waals surface area contributed by atoms with E-state index in [0.29, 0.717) is 17.9 Å². The van der Waals surface area contributed by atoms with Gasteiger partial charge in [-0.15, -0.1) is 0 Å². The molecule has 1 rings (SSSR count). The van der Waals surface area contributed by atoms with E-state index in [9.17, 15) is 4.79 Å². The van der Waals surface area contributed by atoms with E-state index in [4.69, 9.17) is 5.73 Å². The van der Waals surface area contributed by atoms with Gasteiger partial charge in [-0.1, -0.05) is 33.6 Å². The summed E-state index contributed by atoms with van der Waals surface area (Å²) in [4.78, 5) is 11.9. The lowest BCUT2D eigenvalue weighted by Crippen LogP contribution is -2.60. The first kappa shape index (κ1) is 14.5. The molecular formula is C14H28N2O. The smallest absolute Gasteiger partial charge is 0.237 e. The highest BCUT2D eigenvalue weighted by Gasteiger charge is 2.42. The second-order valence-electron chi connectivity index (χ2n) is 6.00. The van der Waals surface area contributed by atoms with E-state index in [-0.39, 0.29) is 5.91 Å². The molecular weight excluding hydrogens is 212 g/mol. The summed E-state index contributed by atoms with van der Waals surface area (Å²) in [5.41, 5.74) is 5.21. The number of nitrogens with one attached hydrogen (secondary N) is 1. The number of amides is 1. The highest BCUT2D eigenvalue weighted by Crippen LogP contribution is 2.36. The van der Waals surface area contributed by atoms with Crippen LogP contribution < -0.4 is 11.1 Å². The molecule has 0 aromatic rings. The number of nitrogens with two attached hydrogens (primary N) is 1. The van der Waals surface area contributed by atoms with Crippen molar-refractivity contribution in [3.63, 3.8) is 0 Å². The highest BCUT2D eigenvalue weighted by molar-refractivity contribution is 5.84. The summed E-state index contributed by atoms with van der Waals surface area (Å²) < 4.78 is 0. The molecule has 1 aliphatic rings. The van der Waals surface area contributed by atoms with Gasteiger partial charge in [-0.2, -0.15) is 0 Å². The monoisotopic (exact) mass is 240 g/mol. The van der Waals surface area contributed by atoms with Gasteiger partial charge in [-0.3, -0.25) is 4.79 Å². The van der Waals surface area contributed by atoms with Gasteiger partial charge in [0.25, 0.3) is 0 Å². The molecule has 3 nitrogen and oxygen atoms in total. The fourth-order valence-corrected chi connectivity index (χ4v) is 2.89. The molecule has 0 aliphatic heterocycles. The largest absolute Gasteiger partial charge is 0.368 e. The first-order valence-electron chi connectivity index (χ1n) is 6.99. The molecule has 0 bridgehead atoms. The molecule has 1 fully saturated rings. The minimum atomic E-state index is -0.456. The zero-order valence-electron chi connectivity index (χ0n) is 11.8. The van der Waals surface area contributed by atoms with Crippen LogP contribution in [-0.4, -0.2) is 17.5 Å². The van der Waals surface area contributed by atoms with Crippen LogP contribution in [-0.2, 0) is 4.79 Å². The maximum absolute atomic E-state index is 11.9. The first-order chi connectivity index (χ1) is 7.91. The molecule has 0 radical (unpaired) electrons. The second kappa shape index (κ2) is 5.85. The van der Waals surface area contributed by atoms with Crippen LogP contribution in [0.4, 0.5) is 0 Å². The number of hydrogen-bond acceptors (Lipinski definition) is 2. The van der Waals surface area contributed by atoms with Gasteiger partial charge in [0.15, 0.2) is 0 Å². The zero-order chi connectivity index (χ0) is 13.1. The van der Waals surface area contributed by atoms with Crippen LogP contribution in [0.1, 0.15) is 59.8 Å². The van der Waals surface area contributed by atoms with Crippen molar-refractivity contribution < 1.29 is 4.79 Å². The quantitative estimate of drug-likeness (QED) is 0.775. The van der Waals surface area contributed by atoms with Crippen LogP contribution in [0, 0.1) is 11.8 Å². The van der Waals surface area contributed by atoms with Gasteiger partial charge in [0.1, 0.15) is 0 Å².